The lowest BCUT2D eigenvalue weighted by atomic mass is 10.3. The van der Waals surface area contributed by atoms with Crippen molar-refractivity contribution < 1.29 is 16.8 Å². The van der Waals surface area contributed by atoms with Crippen molar-refractivity contribution in [2.45, 2.75) is 9.79 Å². The molecular weight excluding hydrogens is 368 g/mol. The molecule has 2 aromatic carbocycles. The van der Waals surface area contributed by atoms with Gasteiger partial charge in [-0.1, -0.05) is 6.07 Å². The van der Waals surface area contributed by atoms with Crippen molar-refractivity contribution in [2.24, 2.45) is 0 Å². The number of nitrogens with zero attached hydrogens (tertiary/aromatic N) is 1. The average molecular weight is 387 g/mol. The molecule has 0 spiro atoms. The fraction of sp³-hybridized carbons (Fsp3) is 0.200. The molecule has 9 heteroatoms. The summed E-state index contributed by atoms with van der Waals surface area (Å²) in [6.45, 7) is 0. The molecule has 0 aliphatic rings. The van der Waals surface area contributed by atoms with Gasteiger partial charge in [0.15, 0.2) is 0 Å². The standard InChI is InChI=1S/C15H18N2O4S3/c1-17(23(3,18)19)13-6-4-5-12(11-13)16-24(20,21)15-9-7-14(22-2)8-10-15/h4-11,16H,1-3H3. The summed E-state index contributed by atoms with van der Waals surface area (Å²) in [6, 6.07) is 12.7. The Morgan fingerprint density at radius 1 is 1.00 bits per heavy atom. The third kappa shape index (κ3) is 4.43. The minimum atomic E-state index is -3.74. The normalized spacial score (nSPS) is 12.0. The van der Waals surface area contributed by atoms with E-state index in [4.69, 9.17) is 0 Å². The van der Waals surface area contributed by atoms with Crippen molar-refractivity contribution in [1.82, 2.24) is 0 Å². The number of nitrogens with one attached hydrogen (secondary N) is 1. The van der Waals surface area contributed by atoms with Gasteiger partial charge in [-0.15, -0.1) is 11.8 Å². The molecule has 0 aliphatic carbocycles. The summed E-state index contributed by atoms with van der Waals surface area (Å²) < 4.78 is 51.6. The Labute approximate surface area is 147 Å². The van der Waals surface area contributed by atoms with Gasteiger partial charge in [-0.2, -0.15) is 0 Å². The monoisotopic (exact) mass is 386 g/mol. The molecule has 0 bridgehead atoms. The van der Waals surface area contributed by atoms with Crippen LogP contribution in [0, 0.1) is 0 Å². The first-order valence-electron chi connectivity index (χ1n) is 6.84. The lowest BCUT2D eigenvalue weighted by Gasteiger charge is -2.17. The van der Waals surface area contributed by atoms with Crippen LogP contribution in [0.25, 0.3) is 0 Å². The highest BCUT2D eigenvalue weighted by Crippen LogP contribution is 2.24. The van der Waals surface area contributed by atoms with Crippen LogP contribution in [0.2, 0.25) is 0 Å². The summed E-state index contributed by atoms with van der Waals surface area (Å²) in [5.41, 5.74) is 0.660. The van der Waals surface area contributed by atoms with Crippen LogP contribution >= 0.6 is 11.8 Å². The van der Waals surface area contributed by atoms with E-state index >= 15 is 0 Å². The van der Waals surface area contributed by atoms with Gasteiger partial charge in [-0.3, -0.25) is 9.03 Å². The van der Waals surface area contributed by atoms with Gasteiger partial charge < -0.3 is 0 Å². The van der Waals surface area contributed by atoms with E-state index in [9.17, 15) is 16.8 Å². The first-order valence-corrected chi connectivity index (χ1v) is 11.4. The van der Waals surface area contributed by atoms with E-state index in [1.54, 1.807) is 30.3 Å². The van der Waals surface area contributed by atoms with Gasteiger partial charge in [0, 0.05) is 11.9 Å². The molecule has 0 fully saturated rings. The minimum Gasteiger partial charge on any atom is -0.280 e. The fourth-order valence-electron chi connectivity index (χ4n) is 1.93. The maximum atomic E-state index is 12.4. The number of sulfonamides is 2. The Morgan fingerprint density at radius 3 is 2.17 bits per heavy atom. The first-order chi connectivity index (χ1) is 11.1. The van der Waals surface area contributed by atoms with Gasteiger partial charge in [0.1, 0.15) is 0 Å². The van der Waals surface area contributed by atoms with E-state index < -0.39 is 20.0 Å². The van der Waals surface area contributed by atoms with Gasteiger partial charge in [0.05, 0.1) is 22.5 Å². The number of hydrogen-bond donors (Lipinski definition) is 1. The lowest BCUT2D eigenvalue weighted by molar-refractivity contribution is 0.599. The molecule has 0 saturated heterocycles. The van der Waals surface area contributed by atoms with E-state index in [-0.39, 0.29) is 10.6 Å². The smallest absolute Gasteiger partial charge is 0.261 e. The maximum absolute atomic E-state index is 12.4. The van der Waals surface area contributed by atoms with Crippen LogP contribution in [0.1, 0.15) is 0 Å². The van der Waals surface area contributed by atoms with Crippen LogP contribution in [0.15, 0.2) is 58.3 Å². The van der Waals surface area contributed by atoms with Gasteiger partial charge in [0.2, 0.25) is 10.0 Å². The zero-order valence-electron chi connectivity index (χ0n) is 13.4. The van der Waals surface area contributed by atoms with E-state index in [1.165, 1.54) is 37.0 Å². The molecule has 0 aromatic heterocycles. The molecule has 24 heavy (non-hydrogen) atoms. The molecule has 0 unspecified atom stereocenters. The Balaban J connectivity index is 2.29. The largest absolute Gasteiger partial charge is 0.280 e. The molecule has 0 saturated carbocycles. The highest BCUT2D eigenvalue weighted by atomic mass is 32.2. The van der Waals surface area contributed by atoms with E-state index in [0.717, 1.165) is 15.5 Å². The fourth-order valence-corrected chi connectivity index (χ4v) is 3.88. The van der Waals surface area contributed by atoms with Crippen molar-refractivity contribution in [3.8, 4) is 0 Å². The van der Waals surface area contributed by atoms with Crippen molar-refractivity contribution >= 4 is 43.2 Å². The Bertz CT molecular complexity index is 923. The quantitative estimate of drug-likeness (QED) is 0.772. The molecule has 0 heterocycles. The number of rotatable bonds is 6. The summed E-state index contributed by atoms with van der Waals surface area (Å²) in [7, 11) is -5.76. The summed E-state index contributed by atoms with van der Waals surface area (Å²) >= 11 is 1.52. The topological polar surface area (TPSA) is 83.6 Å². The lowest BCUT2D eigenvalue weighted by Crippen LogP contribution is -2.24. The molecule has 2 rings (SSSR count). The molecule has 0 atom stereocenters. The third-order valence-corrected chi connectivity index (χ3v) is 6.68. The predicted molar refractivity (Wildman–Crippen MR) is 98.7 cm³/mol. The van der Waals surface area contributed by atoms with Crippen molar-refractivity contribution in [2.75, 3.05) is 28.6 Å². The molecule has 0 aliphatic heterocycles. The second kappa shape index (κ2) is 7.04. The SMILES string of the molecule is CSc1ccc(S(=O)(=O)Nc2cccc(N(C)S(C)(=O)=O)c2)cc1. The zero-order valence-corrected chi connectivity index (χ0v) is 15.9. The first kappa shape index (κ1) is 18.6. The van der Waals surface area contributed by atoms with Crippen molar-refractivity contribution in [3.63, 3.8) is 0 Å². The maximum Gasteiger partial charge on any atom is 0.261 e. The molecule has 2 aromatic rings. The molecule has 6 nitrogen and oxygen atoms in total. The van der Waals surface area contributed by atoms with Crippen LogP contribution in [0.3, 0.4) is 0 Å². The second-order valence-electron chi connectivity index (χ2n) is 5.06. The van der Waals surface area contributed by atoms with Gasteiger partial charge >= 0.3 is 0 Å². The van der Waals surface area contributed by atoms with Crippen LogP contribution in [0.5, 0.6) is 0 Å². The average Bonchev–Trinajstić information content (AvgIpc) is 2.53. The molecule has 0 amide bonds. The van der Waals surface area contributed by atoms with Gasteiger partial charge in [0.25, 0.3) is 10.0 Å². The summed E-state index contributed by atoms with van der Waals surface area (Å²) in [4.78, 5) is 1.10. The van der Waals surface area contributed by atoms with E-state index in [2.05, 4.69) is 4.72 Å². The van der Waals surface area contributed by atoms with Gasteiger partial charge in [-0.05, 0) is 48.7 Å². The minimum absolute atomic E-state index is 0.141. The van der Waals surface area contributed by atoms with Crippen LogP contribution in [0.4, 0.5) is 11.4 Å². The van der Waals surface area contributed by atoms with Crippen LogP contribution < -0.4 is 9.03 Å². The van der Waals surface area contributed by atoms with Gasteiger partial charge in [-0.25, -0.2) is 16.8 Å². The van der Waals surface area contributed by atoms with E-state index in [1.807, 2.05) is 6.26 Å². The van der Waals surface area contributed by atoms with E-state index in [0.29, 0.717) is 5.69 Å². The Morgan fingerprint density at radius 2 is 1.62 bits per heavy atom. The van der Waals surface area contributed by atoms with Crippen molar-refractivity contribution in [3.05, 3.63) is 48.5 Å². The number of hydrogen-bond acceptors (Lipinski definition) is 5. The predicted octanol–water partition coefficient (Wildman–Crippen LogP) is 2.61. The summed E-state index contributed by atoms with van der Waals surface area (Å²) in [6.07, 6.45) is 2.99. The molecule has 1 N–H and O–H groups in total. The Kier molecular flexibility index (Phi) is 5.46. The summed E-state index contributed by atoms with van der Waals surface area (Å²) in [5, 5.41) is 0. The molecule has 130 valence electrons. The number of thioether (sulfide) groups is 1. The highest BCUT2D eigenvalue weighted by molar-refractivity contribution is 7.98. The highest BCUT2D eigenvalue weighted by Gasteiger charge is 2.16. The van der Waals surface area contributed by atoms with Crippen molar-refractivity contribution in [1.29, 1.82) is 0 Å². The zero-order chi connectivity index (χ0) is 18.0. The number of benzene rings is 2. The Hall–Kier alpha value is -1.71. The summed E-state index contributed by atoms with van der Waals surface area (Å²) in [5.74, 6) is 0. The third-order valence-electron chi connectivity index (χ3n) is 3.33. The molecule has 0 radical (unpaired) electrons. The van der Waals surface area contributed by atoms with Crippen LogP contribution in [-0.4, -0.2) is 36.4 Å². The second-order valence-corrected chi connectivity index (χ2v) is 9.64. The van der Waals surface area contributed by atoms with Crippen LogP contribution in [-0.2, 0) is 20.0 Å². The molecular formula is C15H18N2O4S3. The number of anilines is 2.